The van der Waals surface area contributed by atoms with Gasteiger partial charge in [-0.3, -0.25) is 4.79 Å². The van der Waals surface area contributed by atoms with Crippen molar-refractivity contribution in [1.29, 1.82) is 0 Å². The van der Waals surface area contributed by atoms with Crippen LogP contribution in [0.3, 0.4) is 0 Å². The van der Waals surface area contributed by atoms with Crippen molar-refractivity contribution in [3.63, 3.8) is 0 Å². The van der Waals surface area contributed by atoms with Gasteiger partial charge in [0.1, 0.15) is 0 Å². The average molecular weight is 390 g/mol. The molecule has 0 aliphatic carbocycles. The van der Waals surface area contributed by atoms with Crippen LogP contribution in [0.2, 0.25) is 0 Å². The molecule has 0 aliphatic rings. The Morgan fingerprint density at radius 3 is 2.36 bits per heavy atom. The van der Waals surface area contributed by atoms with Crippen LogP contribution in [0.1, 0.15) is 52.0 Å². The van der Waals surface area contributed by atoms with E-state index in [1.165, 1.54) is 16.7 Å². The maximum atomic E-state index is 13.0. The second-order valence-corrected chi connectivity index (χ2v) is 8.07. The number of nitrogens with one attached hydrogen (secondary N) is 1. The third kappa shape index (κ3) is 5.05. The number of thioether (sulfide) groups is 1. The van der Waals surface area contributed by atoms with Gasteiger partial charge in [0.2, 0.25) is 0 Å². The molecule has 144 valence electrons. The van der Waals surface area contributed by atoms with Crippen LogP contribution in [-0.2, 0) is 5.75 Å². The van der Waals surface area contributed by atoms with E-state index in [1.54, 1.807) is 11.8 Å². The molecule has 3 aromatic carbocycles. The number of hydrogen-bond donors (Lipinski definition) is 1. The molecule has 3 aromatic rings. The van der Waals surface area contributed by atoms with Crippen LogP contribution in [0, 0.1) is 13.8 Å². The Morgan fingerprint density at radius 1 is 0.929 bits per heavy atom. The highest BCUT2D eigenvalue weighted by Gasteiger charge is 2.17. The van der Waals surface area contributed by atoms with Crippen molar-refractivity contribution in [3.05, 3.63) is 101 Å². The Labute approximate surface area is 172 Å². The fourth-order valence-electron chi connectivity index (χ4n) is 3.15. The lowest BCUT2D eigenvalue weighted by atomic mass is 9.99. The molecule has 0 radical (unpaired) electrons. The van der Waals surface area contributed by atoms with E-state index in [-0.39, 0.29) is 11.9 Å². The SMILES string of the molecule is CCC(NC(=O)c1ccccc1SCc1ccccc1)c1ccc(C)c(C)c1. The summed E-state index contributed by atoms with van der Waals surface area (Å²) in [5, 5.41) is 3.23. The van der Waals surface area contributed by atoms with E-state index in [0.717, 1.165) is 28.2 Å². The Balaban J connectivity index is 1.75. The van der Waals surface area contributed by atoms with Gasteiger partial charge in [-0.1, -0.05) is 67.6 Å². The summed E-state index contributed by atoms with van der Waals surface area (Å²) in [6.07, 6.45) is 0.855. The molecule has 0 saturated carbocycles. The van der Waals surface area contributed by atoms with Crippen LogP contribution < -0.4 is 5.32 Å². The van der Waals surface area contributed by atoms with Crippen molar-refractivity contribution < 1.29 is 4.79 Å². The summed E-state index contributed by atoms with van der Waals surface area (Å²) < 4.78 is 0. The summed E-state index contributed by atoms with van der Waals surface area (Å²) in [6.45, 7) is 6.33. The lowest BCUT2D eigenvalue weighted by Gasteiger charge is -2.19. The second-order valence-electron chi connectivity index (χ2n) is 7.05. The molecule has 1 N–H and O–H groups in total. The van der Waals surface area contributed by atoms with Gasteiger partial charge in [0.05, 0.1) is 11.6 Å². The summed E-state index contributed by atoms with van der Waals surface area (Å²) in [7, 11) is 0. The number of amides is 1. The van der Waals surface area contributed by atoms with Crippen molar-refractivity contribution in [1.82, 2.24) is 5.32 Å². The fourth-order valence-corrected chi connectivity index (χ4v) is 4.16. The van der Waals surface area contributed by atoms with Gasteiger partial charge < -0.3 is 5.32 Å². The molecule has 0 bridgehead atoms. The third-order valence-corrected chi connectivity index (χ3v) is 6.16. The standard InChI is InChI=1S/C25H27NOS/c1-4-23(21-15-14-18(2)19(3)16-21)26-25(27)22-12-8-9-13-24(22)28-17-20-10-6-5-7-11-20/h5-16,23H,4,17H2,1-3H3,(H,26,27). The van der Waals surface area contributed by atoms with Gasteiger partial charge >= 0.3 is 0 Å². The van der Waals surface area contributed by atoms with Gasteiger partial charge in [-0.15, -0.1) is 11.8 Å². The second kappa shape index (κ2) is 9.61. The zero-order valence-corrected chi connectivity index (χ0v) is 17.6. The maximum absolute atomic E-state index is 13.0. The normalized spacial score (nSPS) is 11.8. The average Bonchev–Trinajstić information content (AvgIpc) is 2.73. The highest BCUT2D eigenvalue weighted by molar-refractivity contribution is 7.98. The Bertz CT molecular complexity index is 936. The van der Waals surface area contributed by atoms with E-state index in [2.05, 4.69) is 56.4 Å². The van der Waals surface area contributed by atoms with Gasteiger partial charge in [0.25, 0.3) is 5.91 Å². The van der Waals surface area contributed by atoms with Crippen LogP contribution in [0.5, 0.6) is 0 Å². The maximum Gasteiger partial charge on any atom is 0.252 e. The first-order chi connectivity index (χ1) is 13.6. The molecular formula is C25H27NOS. The number of hydrogen-bond acceptors (Lipinski definition) is 2. The number of aryl methyl sites for hydroxylation is 2. The number of carbonyl (C=O) groups excluding carboxylic acids is 1. The lowest BCUT2D eigenvalue weighted by molar-refractivity contribution is 0.0932. The predicted molar refractivity (Wildman–Crippen MR) is 119 cm³/mol. The van der Waals surface area contributed by atoms with Crippen molar-refractivity contribution in [2.75, 3.05) is 0 Å². The van der Waals surface area contributed by atoms with Crippen molar-refractivity contribution in [2.24, 2.45) is 0 Å². The van der Waals surface area contributed by atoms with E-state index < -0.39 is 0 Å². The monoisotopic (exact) mass is 389 g/mol. The van der Waals surface area contributed by atoms with Gasteiger partial charge in [0, 0.05) is 10.6 Å². The molecule has 0 aliphatic heterocycles. The highest BCUT2D eigenvalue weighted by atomic mass is 32.2. The number of rotatable bonds is 7. The number of benzene rings is 3. The minimum absolute atomic E-state index is 0.0127. The van der Waals surface area contributed by atoms with E-state index in [9.17, 15) is 4.79 Å². The predicted octanol–water partition coefficient (Wildman–Crippen LogP) is 6.48. The quantitative estimate of drug-likeness (QED) is 0.469. The van der Waals surface area contributed by atoms with Gasteiger partial charge in [-0.05, 0) is 54.7 Å². The third-order valence-electron chi connectivity index (χ3n) is 5.02. The molecule has 0 spiro atoms. The Hall–Kier alpha value is -2.52. The van der Waals surface area contributed by atoms with Crippen molar-refractivity contribution in [2.45, 2.75) is 43.9 Å². The Morgan fingerprint density at radius 2 is 1.64 bits per heavy atom. The molecule has 3 heteroatoms. The molecule has 0 heterocycles. The molecule has 2 nitrogen and oxygen atoms in total. The van der Waals surface area contributed by atoms with Gasteiger partial charge in [0.15, 0.2) is 0 Å². The van der Waals surface area contributed by atoms with Crippen LogP contribution in [0.25, 0.3) is 0 Å². The summed E-state index contributed by atoms with van der Waals surface area (Å²) in [5.41, 5.74) is 5.68. The smallest absolute Gasteiger partial charge is 0.252 e. The first-order valence-corrected chi connectivity index (χ1v) is 10.7. The van der Waals surface area contributed by atoms with Crippen molar-refractivity contribution in [3.8, 4) is 0 Å². The lowest BCUT2D eigenvalue weighted by Crippen LogP contribution is -2.28. The van der Waals surface area contributed by atoms with Crippen LogP contribution in [0.15, 0.2) is 77.7 Å². The van der Waals surface area contributed by atoms with E-state index >= 15 is 0 Å². The van der Waals surface area contributed by atoms with E-state index in [4.69, 9.17) is 0 Å². The largest absolute Gasteiger partial charge is 0.345 e. The molecule has 0 fully saturated rings. The molecule has 0 aromatic heterocycles. The Kier molecular flexibility index (Phi) is 6.94. The first kappa shape index (κ1) is 20.2. The highest BCUT2D eigenvalue weighted by Crippen LogP contribution is 2.27. The minimum atomic E-state index is -0.0127. The van der Waals surface area contributed by atoms with E-state index in [0.29, 0.717) is 0 Å². The zero-order chi connectivity index (χ0) is 19.9. The molecule has 1 atom stereocenters. The zero-order valence-electron chi connectivity index (χ0n) is 16.7. The fraction of sp³-hybridized carbons (Fsp3) is 0.240. The summed E-state index contributed by atoms with van der Waals surface area (Å²) >= 11 is 1.70. The molecular weight excluding hydrogens is 362 g/mol. The van der Waals surface area contributed by atoms with Crippen molar-refractivity contribution >= 4 is 17.7 Å². The summed E-state index contributed by atoms with van der Waals surface area (Å²) in [5.74, 6) is 0.834. The van der Waals surface area contributed by atoms with Gasteiger partial charge in [-0.2, -0.15) is 0 Å². The first-order valence-electron chi connectivity index (χ1n) is 9.72. The summed E-state index contributed by atoms with van der Waals surface area (Å²) in [4.78, 5) is 14.1. The number of carbonyl (C=O) groups is 1. The summed E-state index contributed by atoms with van der Waals surface area (Å²) in [6, 6.07) is 24.6. The van der Waals surface area contributed by atoms with Crippen LogP contribution in [-0.4, -0.2) is 5.91 Å². The van der Waals surface area contributed by atoms with Gasteiger partial charge in [-0.25, -0.2) is 0 Å². The molecule has 28 heavy (non-hydrogen) atoms. The molecule has 0 saturated heterocycles. The minimum Gasteiger partial charge on any atom is -0.345 e. The molecule has 1 amide bonds. The molecule has 3 rings (SSSR count). The van der Waals surface area contributed by atoms with E-state index in [1.807, 2.05) is 42.5 Å². The molecule has 1 unspecified atom stereocenters. The van der Waals surface area contributed by atoms with Crippen LogP contribution in [0.4, 0.5) is 0 Å². The van der Waals surface area contributed by atoms with Crippen LogP contribution >= 0.6 is 11.8 Å². The topological polar surface area (TPSA) is 29.1 Å².